The van der Waals surface area contributed by atoms with Crippen LogP contribution in [-0.2, 0) is 18.8 Å². The Bertz CT molecular complexity index is 803. The van der Waals surface area contributed by atoms with Crippen LogP contribution in [-0.4, -0.2) is 49.0 Å². The van der Waals surface area contributed by atoms with Crippen LogP contribution in [0.1, 0.15) is 18.2 Å². The van der Waals surface area contributed by atoms with E-state index in [0.29, 0.717) is 5.56 Å². The summed E-state index contributed by atoms with van der Waals surface area (Å²) in [4.78, 5) is 44.6. The summed E-state index contributed by atoms with van der Waals surface area (Å²) in [7, 11) is -4.70. The molecule has 0 spiro atoms. The molecule has 4 atom stereocenters. The minimum atomic E-state index is -4.70. The van der Waals surface area contributed by atoms with Crippen molar-refractivity contribution in [2.24, 2.45) is 0 Å². The molecule has 10 nitrogen and oxygen atoms in total. The Hall–Kier alpha value is -0.810. The van der Waals surface area contributed by atoms with Crippen molar-refractivity contribution in [3.8, 4) is 0 Å². The van der Waals surface area contributed by atoms with Crippen molar-refractivity contribution in [1.29, 1.82) is 0 Å². The largest absolute Gasteiger partial charge is 0.385 e. The standard InChI is InChI=1S/C12H16BrN2O8P/c1-6-3-15(11(17)14-10(6)16)9-2-7-8(22-9)4-21-12(5-13,23-7)24(18,19)20/h3,7-9H,2,4-5H2,1H3,(H,14,16,17)(H2,18,19,20)/t7-,8-,9-,12?/m1/s1. The maximum absolute atomic E-state index is 12.0. The third-order valence-corrected chi connectivity index (χ3v) is 6.51. The third-order valence-electron chi connectivity index (χ3n) is 4.06. The molecular formula is C12H16BrN2O8P. The molecule has 2 fully saturated rings. The summed E-state index contributed by atoms with van der Waals surface area (Å²) in [5, 5.41) is -0.212. The van der Waals surface area contributed by atoms with Crippen molar-refractivity contribution in [2.75, 3.05) is 11.9 Å². The molecule has 24 heavy (non-hydrogen) atoms. The second kappa shape index (κ2) is 6.17. The van der Waals surface area contributed by atoms with Gasteiger partial charge in [0.2, 0.25) is 0 Å². The normalized spacial score (nSPS) is 33.4. The zero-order valence-electron chi connectivity index (χ0n) is 12.5. The van der Waals surface area contributed by atoms with Crippen molar-refractivity contribution >= 4 is 23.5 Å². The number of nitrogens with zero attached hydrogens (tertiary/aromatic N) is 1. The van der Waals surface area contributed by atoms with Gasteiger partial charge in [0.1, 0.15) is 12.3 Å². The number of rotatable bonds is 3. The lowest BCUT2D eigenvalue weighted by molar-refractivity contribution is -0.263. The maximum atomic E-state index is 12.0. The first kappa shape index (κ1) is 18.0. The van der Waals surface area contributed by atoms with Crippen molar-refractivity contribution in [3.63, 3.8) is 0 Å². The predicted molar refractivity (Wildman–Crippen MR) is 84.0 cm³/mol. The Morgan fingerprint density at radius 1 is 1.46 bits per heavy atom. The van der Waals surface area contributed by atoms with Crippen molar-refractivity contribution in [1.82, 2.24) is 9.55 Å². The van der Waals surface area contributed by atoms with Gasteiger partial charge in [-0.15, -0.1) is 0 Å². The first-order chi connectivity index (χ1) is 11.2. The minimum absolute atomic E-state index is 0.0883. The Balaban J connectivity index is 1.86. The van der Waals surface area contributed by atoms with Crippen LogP contribution in [0.15, 0.2) is 15.8 Å². The Morgan fingerprint density at radius 3 is 2.79 bits per heavy atom. The average Bonchev–Trinajstić information content (AvgIpc) is 2.91. The monoisotopic (exact) mass is 426 g/mol. The van der Waals surface area contributed by atoms with E-state index in [0.717, 1.165) is 0 Å². The number of hydrogen-bond acceptors (Lipinski definition) is 6. The average molecular weight is 427 g/mol. The Labute approximate surface area is 144 Å². The molecule has 0 saturated carbocycles. The Kier molecular flexibility index (Phi) is 4.63. The molecule has 12 heteroatoms. The van der Waals surface area contributed by atoms with E-state index in [-0.39, 0.29) is 18.4 Å². The highest BCUT2D eigenvalue weighted by Crippen LogP contribution is 2.56. The van der Waals surface area contributed by atoms with Crippen molar-refractivity contribution in [3.05, 3.63) is 32.6 Å². The van der Waals surface area contributed by atoms with E-state index in [9.17, 15) is 23.9 Å². The number of aryl methyl sites for hydroxylation is 1. The maximum Gasteiger partial charge on any atom is 0.385 e. The first-order valence-corrected chi connectivity index (χ1v) is 9.81. The molecule has 0 amide bonds. The predicted octanol–water partition coefficient (Wildman–Crippen LogP) is -0.226. The third kappa shape index (κ3) is 2.94. The number of halogens is 1. The van der Waals surface area contributed by atoms with Gasteiger partial charge in [-0.1, -0.05) is 15.9 Å². The lowest BCUT2D eigenvalue weighted by Gasteiger charge is -2.40. The molecule has 2 aliphatic rings. The molecule has 134 valence electrons. The van der Waals surface area contributed by atoms with Crippen molar-refractivity contribution < 1.29 is 28.6 Å². The summed E-state index contributed by atoms with van der Waals surface area (Å²) in [6, 6.07) is 0. The molecule has 2 aliphatic heterocycles. The van der Waals surface area contributed by atoms with Crippen LogP contribution in [0.3, 0.4) is 0 Å². The van der Waals surface area contributed by atoms with E-state index in [1.807, 2.05) is 0 Å². The summed E-state index contributed by atoms with van der Waals surface area (Å²) in [6.07, 6.45) is -0.394. The number of hydrogen-bond donors (Lipinski definition) is 3. The minimum Gasteiger partial charge on any atom is -0.349 e. The fourth-order valence-electron chi connectivity index (χ4n) is 2.73. The molecule has 2 saturated heterocycles. The van der Waals surface area contributed by atoms with Gasteiger partial charge in [0.25, 0.3) is 11.1 Å². The molecular weight excluding hydrogens is 411 g/mol. The summed E-state index contributed by atoms with van der Waals surface area (Å²) >= 11 is 3.01. The van der Waals surface area contributed by atoms with Crippen LogP contribution in [0.4, 0.5) is 0 Å². The highest BCUT2D eigenvalue weighted by molar-refractivity contribution is 9.09. The fourth-order valence-corrected chi connectivity index (χ4v) is 4.67. The number of alkyl halides is 1. The van der Waals surface area contributed by atoms with Gasteiger partial charge in [-0.25, -0.2) is 4.79 Å². The number of aromatic amines is 1. The summed E-state index contributed by atoms with van der Waals surface area (Å²) in [5.74, 6) is 0. The van der Waals surface area contributed by atoms with Gasteiger partial charge in [0.05, 0.1) is 18.0 Å². The van der Waals surface area contributed by atoms with Crippen LogP contribution in [0.2, 0.25) is 0 Å². The van der Waals surface area contributed by atoms with Crippen LogP contribution < -0.4 is 11.2 Å². The van der Waals surface area contributed by atoms with Crippen LogP contribution in [0.25, 0.3) is 0 Å². The number of nitrogens with one attached hydrogen (secondary N) is 1. The van der Waals surface area contributed by atoms with Crippen LogP contribution in [0, 0.1) is 6.92 Å². The summed E-state index contributed by atoms with van der Waals surface area (Å²) in [6.45, 7) is 1.47. The lowest BCUT2D eigenvalue weighted by Crippen LogP contribution is -2.50. The highest BCUT2D eigenvalue weighted by atomic mass is 79.9. The molecule has 0 aromatic carbocycles. The number of aromatic nitrogens is 2. The SMILES string of the molecule is Cc1cn([C@H]2C[C@H]3OC(CBr)(P(=O)(O)O)OC[C@H]3O2)c(=O)[nH]c1=O. The first-order valence-electron chi connectivity index (χ1n) is 7.08. The van der Waals surface area contributed by atoms with Gasteiger partial charge in [-0.3, -0.25) is 18.9 Å². The molecule has 1 unspecified atom stereocenters. The fraction of sp³-hybridized carbons (Fsp3) is 0.667. The summed E-state index contributed by atoms with van der Waals surface area (Å²) in [5.41, 5.74) is -2.84. The van der Waals surface area contributed by atoms with Gasteiger partial charge in [-0.05, 0) is 6.92 Å². The molecule has 0 bridgehead atoms. The van der Waals surface area contributed by atoms with E-state index in [2.05, 4.69) is 20.9 Å². The molecule has 0 aliphatic carbocycles. The summed E-state index contributed by atoms with van der Waals surface area (Å²) < 4.78 is 29.4. The lowest BCUT2D eigenvalue weighted by atomic mass is 10.1. The van der Waals surface area contributed by atoms with Gasteiger partial charge in [0, 0.05) is 18.2 Å². The van der Waals surface area contributed by atoms with Gasteiger partial charge in [0.15, 0.2) is 0 Å². The van der Waals surface area contributed by atoms with Gasteiger partial charge in [-0.2, -0.15) is 0 Å². The molecule has 3 heterocycles. The van der Waals surface area contributed by atoms with Gasteiger partial charge < -0.3 is 24.0 Å². The molecule has 3 rings (SSSR count). The zero-order chi connectivity index (χ0) is 17.7. The zero-order valence-corrected chi connectivity index (χ0v) is 15.0. The topological polar surface area (TPSA) is 140 Å². The molecule has 3 N–H and O–H groups in total. The number of H-pyrrole nitrogens is 1. The molecule has 0 radical (unpaired) electrons. The molecule has 1 aromatic heterocycles. The second-order valence-electron chi connectivity index (χ2n) is 5.70. The second-order valence-corrected chi connectivity index (χ2v) is 8.03. The van der Waals surface area contributed by atoms with E-state index in [1.165, 1.54) is 10.8 Å². The van der Waals surface area contributed by atoms with E-state index >= 15 is 0 Å². The van der Waals surface area contributed by atoms with E-state index in [4.69, 9.17) is 14.2 Å². The van der Waals surface area contributed by atoms with E-state index in [1.54, 1.807) is 6.92 Å². The quantitative estimate of drug-likeness (QED) is 0.444. The number of ether oxygens (including phenoxy) is 3. The van der Waals surface area contributed by atoms with Crippen LogP contribution in [0.5, 0.6) is 0 Å². The molecule has 1 aromatic rings. The van der Waals surface area contributed by atoms with E-state index < -0.39 is 42.8 Å². The Morgan fingerprint density at radius 2 is 2.17 bits per heavy atom. The van der Waals surface area contributed by atoms with Crippen molar-refractivity contribution in [2.45, 2.75) is 37.3 Å². The number of fused-ring (bicyclic) bond motifs is 1. The smallest absolute Gasteiger partial charge is 0.349 e. The van der Waals surface area contributed by atoms with Gasteiger partial charge >= 0.3 is 13.3 Å². The van der Waals surface area contributed by atoms with Crippen LogP contribution >= 0.6 is 23.5 Å². The highest BCUT2D eigenvalue weighted by Gasteiger charge is 2.57.